The minimum absolute atomic E-state index is 0.477. The maximum atomic E-state index is 9.99. The molecular weight excluding hydrogens is 188 g/mol. The van der Waals surface area contributed by atoms with Crippen LogP contribution in [-0.2, 0) is 13.5 Å². The van der Waals surface area contributed by atoms with Crippen molar-refractivity contribution in [3.63, 3.8) is 0 Å². The van der Waals surface area contributed by atoms with E-state index in [1.54, 1.807) is 4.68 Å². The molecule has 0 saturated carbocycles. The molecular formula is C12H20N2O. The van der Waals surface area contributed by atoms with Gasteiger partial charge in [0.1, 0.15) is 0 Å². The molecule has 0 saturated heterocycles. The molecule has 1 aromatic heterocycles. The van der Waals surface area contributed by atoms with Crippen LogP contribution in [0, 0.1) is 0 Å². The lowest BCUT2D eigenvalue weighted by atomic mass is 10.1. The highest BCUT2D eigenvalue weighted by molar-refractivity contribution is 5.14. The first-order valence-electron chi connectivity index (χ1n) is 5.46. The highest BCUT2D eigenvalue weighted by Gasteiger charge is 2.14. The van der Waals surface area contributed by atoms with Gasteiger partial charge in [0.15, 0.2) is 0 Å². The molecule has 3 nitrogen and oxygen atoms in total. The van der Waals surface area contributed by atoms with E-state index in [0.717, 1.165) is 29.8 Å². The van der Waals surface area contributed by atoms with Crippen molar-refractivity contribution in [2.45, 2.75) is 39.2 Å². The van der Waals surface area contributed by atoms with E-state index in [-0.39, 0.29) is 0 Å². The lowest BCUT2D eigenvalue weighted by molar-refractivity contribution is 0.167. The molecule has 1 aromatic rings. The van der Waals surface area contributed by atoms with Crippen LogP contribution in [0.2, 0.25) is 0 Å². The van der Waals surface area contributed by atoms with Crippen LogP contribution in [0.1, 0.15) is 44.2 Å². The quantitative estimate of drug-likeness (QED) is 0.754. The lowest BCUT2D eigenvalue weighted by Crippen LogP contribution is -2.05. The number of hydrogen-bond donors (Lipinski definition) is 1. The van der Waals surface area contributed by atoms with Gasteiger partial charge in [-0.15, -0.1) is 0 Å². The molecule has 0 aromatic carbocycles. The number of aliphatic hydroxyl groups is 1. The Bertz CT molecular complexity index is 341. The second-order valence-electron chi connectivity index (χ2n) is 3.86. The maximum absolute atomic E-state index is 9.99. The van der Waals surface area contributed by atoms with Crippen LogP contribution < -0.4 is 0 Å². The normalized spacial score (nSPS) is 12.8. The van der Waals surface area contributed by atoms with Gasteiger partial charge in [0, 0.05) is 7.05 Å². The Balaban J connectivity index is 2.76. The molecule has 0 fully saturated rings. The number of nitrogens with zero attached hydrogens (tertiary/aromatic N) is 2. The third-order valence-electron chi connectivity index (χ3n) is 2.65. The zero-order valence-electron chi connectivity index (χ0n) is 9.82. The van der Waals surface area contributed by atoms with Gasteiger partial charge in [-0.2, -0.15) is 5.10 Å². The number of aryl methyl sites for hydroxylation is 2. The van der Waals surface area contributed by atoms with Crippen molar-refractivity contribution in [3.8, 4) is 0 Å². The molecule has 15 heavy (non-hydrogen) atoms. The van der Waals surface area contributed by atoms with Crippen molar-refractivity contribution in [3.05, 3.63) is 29.6 Å². The summed E-state index contributed by atoms with van der Waals surface area (Å²) in [5, 5.41) is 14.3. The average Bonchev–Trinajstić information content (AvgIpc) is 2.59. The van der Waals surface area contributed by atoms with Crippen LogP contribution in [0.5, 0.6) is 0 Å². The molecule has 0 aliphatic rings. The average molecular weight is 208 g/mol. The Kier molecular flexibility index (Phi) is 4.09. The third-order valence-corrected chi connectivity index (χ3v) is 2.65. The maximum Gasteiger partial charge on any atom is 0.0993 e. The topological polar surface area (TPSA) is 38.1 Å². The van der Waals surface area contributed by atoms with E-state index >= 15 is 0 Å². The molecule has 1 rings (SSSR count). The Labute approximate surface area is 91.4 Å². The molecule has 84 valence electrons. The van der Waals surface area contributed by atoms with Gasteiger partial charge >= 0.3 is 0 Å². The summed E-state index contributed by atoms with van der Waals surface area (Å²) in [5.74, 6) is 0. The van der Waals surface area contributed by atoms with Crippen molar-refractivity contribution >= 4 is 0 Å². The van der Waals surface area contributed by atoms with E-state index in [1.807, 2.05) is 13.1 Å². The first kappa shape index (κ1) is 12.0. The molecule has 0 spiro atoms. The van der Waals surface area contributed by atoms with Crippen LogP contribution in [0.25, 0.3) is 0 Å². The summed E-state index contributed by atoms with van der Waals surface area (Å²) >= 11 is 0. The highest BCUT2D eigenvalue weighted by Crippen LogP contribution is 2.21. The molecule has 3 heteroatoms. The Morgan fingerprint density at radius 3 is 2.73 bits per heavy atom. The van der Waals surface area contributed by atoms with Gasteiger partial charge < -0.3 is 5.11 Å². The zero-order chi connectivity index (χ0) is 11.4. The van der Waals surface area contributed by atoms with Crippen LogP contribution in [0.3, 0.4) is 0 Å². The molecule has 1 N–H and O–H groups in total. The van der Waals surface area contributed by atoms with E-state index in [1.165, 1.54) is 0 Å². The summed E-state index contributed by atoms with van der Waals surface area (Å²) in [5.41, 5.74) is 2.97. The molecule has 0 aliphatic heterocycles. The van der Waals surface area contributed by atoms with Crippen molar-refractivity contribution in [2.24, 2.45) is 7.05 Å². The molecule has 1 atom stereocenters. The molecule has 0 radical (unpaired) electrons. The third kappa shape index (κ3) is 2.93. The standard InChI is InChI=1S/C12H20N2O/c1-5-9(3)7-12(15)11-8-10(6-2)13-14(11)4/h8,12,15H,3,5-7H2,1-2,4H3. The van der Waals surface area contributed by atoms with Crippen LogP contribution >= 0.6 is 0 Å². The fourth-order valence-electron chi connectivity index (χ4n) is 1.55. The SMILES string of the molecule is C=C(CC)CC(O)c1cc(CC)nn1C. The molecule has 0 amide bonds. The van der Waals surface area contributed by atoms with E-state index in [9.17, 15) is 5.11 Å². The minimum Gasteiger partial charge on any atom is -0.386 e. The van der Waals surface area contributed by atoms with Crippen LogP contribution in [0.4, 0.5) is 0 Å². The monoisotopic (exact) mass is 208 g/mol. The van der Waals surface area contributed by atoms with Crippen molar-refractivity contribution in [1.82, 2.24) is 9.78 Å². The zero-order valence-corrected chi connectivity index (χ0v) is 9.82. The van der Waals surface area contributed by atoms with Gasteiger partial charge in [0.25, 0.3) is 0 Å². The van der Waals surface area contributed by atoms with Gasteiger partial charge in [-0.1, -0.05) is 26.0 Å². The summed E-state index contributed by atoms with van der Waals surface area (Å²) in [6.07, 6.45) is 1.96. The fraction of sp³-hybridized carbons (Fsp3) is 0.583. The van der Waals surface area contributed by atoms with Gasteiger partial charge in [-0.3, -0.25) is 4.68 Å². The molecule has 0 bridgehead atoms. The van der Waals surface area contributed by atoms with Crippen LogP contribution in [0.15, 0.2) is 18.2 Å². The van der Waals surface area contributed by atoms with Gasteiger partial charge in [-0.05, 0) is 25.3 Å². The smallest absolute Gasteiger partial charge is 0.0993 e. The molecule has 0 aliphatic carbocycles. The minimum atomic E-state index is -0.477. The second-order valence-corrected chi connectivity index (χ2v) is 3.86. The van der Waals surface area contributed by atoms with Crippen molar-refractivity contribution < 1.29 is 5.11 Å². The fourth-order valence-corrected chi connectivity index (χ4v) is 1.55. The predicted molar refractivity (Wildman–Crippen MR) is 61.6 cm³/mol. The molecule has 1 heterocycles. The van der Waals surface area contributed by atoms with Crippen molar-refractivity contribution in [2.75, 3.05) is 0 Å². The largest absolute Gasteiger partial charge is 0.386 e. The summed E-state index contributed by atoms with van der Waals surface area (Å²) in [6, 6.07) is 1.97. The van der Waals surface area contributed by atoms with Crippen molar-refractivity contribution in [1.29, 1.82) is 0 Å². The predicted octanol–water partition coefficient (Wildman–Crippen LogP) is 2.37. The first-order valence-corrected chi connectivity index (χ1v) is 5.46. The van der Waals surface area contributed by atoms with E-state index in [0.29, 0.717) is 6.42 Å². The summed E-state index contributed by atoms with van der Waals surface area (Å²) in [4.78, 5) is 0. The summed E-state index contributed by atoms with van der Waals surface area (Å²) < 4.78 is 1.76. The lowest BCUT2D eigenvalue weighted by Gasteiger charge is -2.11. The second kappa shape index (κ2) is 5.12. The number of rotatable bonds is 5. The highest BCUT2D eigenvalue weighted by atomic mass is 16.3. The Hall–Kier alpha value is -1.09. The summed E-state index contributed by atoms with van der Waals surface area (Å²) in [6.45, 7) is 8.02. The number of hydrogen-bond acceptors (Lipinski definition) is 2. The molecule has 1 unspecified atom stereocenters. The van der Waals surface area contributed by atoms with E-state index in [2.05, 4.69) is 25.5 Å². The number of aliphatic hydroxyl groups excluding tert-OH is 1. The summed E-state index contributed by atoms with van der Waals surface area (Å²) in [7, 11) is 1.87. The van der Waals surface area contributed by atoms with Crippen LogP contribution in [-0.4, -0.2) is 14.9 Å². The Morgan fingerprint density at radius 1 is 1.60 bits per heavy atom. The van der Waals surface area contributed by atoms with Gasteiger partial charge in [0.05, 0.1) is 17.5 Å². The van der Waals surface area contributed by atoms with E-state index < -0.39 is 6.10 Å². The van der Waals surface area contributed by atoms with E-state index in [4.69, 9.17) is 0 Å². The van der Waals surface area contributed by atoms with Gasteiger partial charge in [-0.25, -0.2) is 0 Å². The first-order chi connectivity index (χ1) is 7.08. The van der Waals surface area contributed by atoms with Gasteiger partial charge in [0.2, 0.25) is 0 Å². The number of aromatic nitrogens is 2. The Morgan fingerprint density at radius 2 is 2.27 bits per heavy atom.